The number of aliphatic hydroxyl groups excluding tert-OH is 7. The van der Waals surface area contributed by atoms with Gasteiger partial charge in [-0.2, -0.15) is 0 Å². The second-order valence-electron chi connectivity index (χ2n) is 6.97. The number of hydrogen-bond acceptors (Lipinski definition) is 11. The first-order chi connectivity index (χ1) is 26.2. The van der Waals surface area contributed by atoms with E-state index < -0.39 is 152 Å². The number of ether oxygens (including phenoxy) is 4. The molecule has 0 aliphatic carbocycles. The molecule has 2 saturated heterocycles. The van der Waals surface area contributed by atoms with Gasteiger partial charge in [0.25, 0.3) is 0 Å². The Balaban J connectivity index is 2.55. The van der Waals surface area contributed by atoms with Crippen LogP contribution in [0.5, 0.6) is 0 Å². The molecule has 2 fully saturated rings. The highest BCUT2D eigenvalue weighted by atomic mass is 16.7. The molecule has 2 heterocycles. The van der Waals surface area contributed by atoms with Crippen LogP contribution in [0.1, 0.15) is 105 Å². The van der Waals surface area contributed by atoms with Gasteiger partial charge in [-0.05, 0) is 6.37 Å². The van der Waals surface area contributed by atoms with Crippen LogP contribution in [-0.4, -0.2) is 117 Å². The van der Waals surface area contributed by atoms with E-state index in [2.05, 4.69) is 0 Å². The molecule has 0 amide bonds. The third-order valence-corrected chi connectivity index (χ3v) is 4.75. The Morgan fingerprint density at radius 1 is 0.657 bits per heavy atom. The van der Waals surface area contributed by atoms with Gasteiger partial charge >= 0.3 is 0 Å². The third kappa shape index (κ3) is 9.11. The molecule has 0 saturated carbocycles. The average molecular weight is 536 g/mol. The van der Waals surface area contributed by atoms with Crippen LogP contribution in [0.4, 0.5) is 0 Å². The van der Waals surface area contributed by atoms with Gasteiger partial charge in [0, 0.05) is 38.1 Å². The summed E-state index contributed by atoms with van der Waals surface area (Å²) in [6, 6.07) is 0. The van der Waals surface area contributed by atoms with Crippen molar-refractivity contribution in [1.29, 1.82) is 0 Å². The Hall–Kier alpha value is -0.440. The summed E-state index contributed by atoms with van der Waals surface area (Å²) < 4.78 is 222. The SMILES string of the molecule is [2H]C([2H])([2H])C([2H])([2H])C([2H])([2H])C([2H])([2H])C([2H])([2H])C([2H])([2H])C([2H])([2H])C([2H])([2H])C([2H])([2H])C([2H])([2H])C([2H])([2H])C([2H])([2H])O[C@@H]1OC(CO)[C@@H](O[C@H]2OC(CO)[C@@H](O)[C@H](O)C2O)[C@H](O)C1O. The second-order valence-corrected chi connectivity index (χ2v) is 6.97. The number of rotatable bonds is 16. The van der Waals surface area contributed by atoms with E-state index in [1.807, 2.05) is 0 Å². The van der Waals surface area contributed by atoms with Crippen LogP contribution in [0.2, 0.25) is 0 Å². The van der Waals surface area contributed by atoms with Crippen LogP contribution < -0.4 is 0 Å². The van der Waals surface area contributed by atoms with Gasteiger partial charge in [0.1, 0.15) is 48.8 Å². The van der Waals surface area contributed by atoms with Crippen molar-refractivity contribution in [3.8, 4) is 0 Å². The summed E-state index contributed by atoms with van der Waals surface area (Å²) in [4.78, 5) is 0. The fourth-order valence-electron chi connectivity index (χ4n) is 3.02. The van der Waals surface area contributed by atoms with Crippen molar-refractivity contribution in [2.45, 2.75) is 132 Å². The van der Waals surface area contributed by atoms with E-state index in [9.17, 15) is 35.7 Å². The van der Waals surface area contributed by atoms with Crippen molar-refractivity contribution in [2.24, 2.45) is 0 Å². The molecule has 0 aromatic carbocycles. The molecular formula is C24H46O11. The first-order valence-electron chi connectivity index (χ1n) is 22.5. The Bertz CT molecular complexity index is 1490. The van der Waals surface area contributed by atoms with Crippen molar-refractivity contribution in [3.63, 3.8) is 0 Å². The Kier molecular flexibility index (Phi) is 4.98. The van der Waals surface area contributed by atoms with E-state index in [1.165, 1.54) is 0 Å². The largest absolute Gasteiger partial charge is 0.394 e. The highest BCUT2D eigenvalue weighted by Gasteiger charge is 2.50. The normalized spacial score (nSPS) is 53.5. The third-order valence-electron chi connectivity index (χ3n) is 4.75. The van der Waals surface area contributed by atoms with Gasteiger partial charge in [-0.3, -0.25) is 0 Å². The van der Waals surface area contributed by atoms with Crippen LogP contribution in [0.3, 0.4) is 0 Å². The first kappa shape index (κ1) is 10.6. The molecule has 11 nitrogen and oxygen atoms in total. The fourth-order valence-corrected chi connectivity index (χ4v) is 3.02. The maximum Gasteiger partial charge on any atom is 0.187 e. The van der Waals surface area contributed by atoms with E-state index in [0.29, 0.717) is 0 Å². The van der Waals surface area contributed by atoms with Crippen molar-refractivity contribution in [1.82, 2.24) is 0 Å². The van der Waals surface area contributed by atoms with E-state index in [-0.39, 0.29) is 0 Å². The molecule has 2 rings (SSSR count). The van der Waals surface area contributed by atoms with Crippen LogP contribution in [-0.2, 0) is 18.9 Å². The van der Waals surface area contributed by atoms with Crippen LogP contribution in [0.25, 0.3) is 0 Å². The molecule has 0 aromatic rings. The molecular weight excluding hydrogens is 464 g/mol. The van der Waals surface area contributed by atoms with Gasteiger partial charge in [0.2, 0.25) is 0 Å². The molecule has 35 heavy (non-hydrogen) atoms. The second kappa shape index (κ2) is 16.4. The molecule has 208 valence electrons. The molecule has 2 aliphatic heterocycles. The summed E-state index contributed by atoms with van der Waals surface area (Å²) in [7, 11) is 0. The van der Waals surface area contributed by atoms with Crippen molar-refractivity contribution >= 4 is 0 Å². The summed E-state index contributed by atoms with van der Waals surface area (Å²) in [6.45, 7) is -10.7. The smallest absolute Gasteiger partial charge is 0.187 e. The summed E-state index contributed by atoms with van der Waals surface area (Å²) in [5.41, 5.74) is 0. The highest BCUT2D eigenvalue weighted by molar-refractivity contribution is 4.94. The molecule has 0 bridgehead atoms. The van der Waals surface area contributed by atoms with E-state index in [1.54, 1.807) is 0 Å². The zero-order valence-corrected chi connectivity index (χ0v) is 18.0. The van der Waals surface area contributed by atoms with Crippen LogP contribution in [0.15, 0.2) is 0 Å². The van der Waals surface area contributed by atoms with Gasteiger partial charge < -0.3 is 54.7 Å². The average Bonchev–Trinajstić information content (AvgIpc) is 3.09. The topological polar surface area (TPSA) is 179 Å². The van der Waals surface area contributed by atoms with Gasteiger partial charge in [-0.15, -0.1) is 0 Å². The monoisotopic (exact) mass is 535 g/mol. The molecule has 2 aliphatic rings. The fraction of sp³-hybridized carbons (Fsp3) is 1.00. The lowest BCUT2D eigenvalue weighted by Crippen LogP contribution is -2.64. The number of hydrogen-bond donors (Lipinski definition) is 7. The van der Waals surface area contributed by atoms with E-state index in [4.69, 9.17) is 53.2 Å². The van der Waals surface area contributed by atoms with Gasteiger partial charge in [-0.1, -0.05) is 64.2 Å². The van der Waals surface area contributed by atoms with Gasteiger partial charge in [0.05, 0.1) is 16.0 Å². The van der Waals surface area contributed by atoms with E-state index in [0.717, 1.165) is 0 Å². The molecule has 7 N–H and O–H groups in total. The first-order valence-corrected chi connectivity index (χ1v) is 10.0. The Morgan fingerprint density at radius 2 is 1.20 bits per heavy atom. The molecule has 0 spiro atoms. The lowest BCUT2D eigenvalue weighted by atomic mass is 9.97. The summed E-state index contributed by atoms with van der Waals surface area (Å²) in [6.07, 6.45) is -69.8. The predicted molar refractivity (Wildman–Crippen MR) is 124 cm³/mol. The standard InChI is InChI=1S/C24H46O11/c1-2-3-4-5-6-7-8-9-10-11-12-32-23-21(31)19(29)22(16(14-26)34-23)35-24-20(30)18(28)17(27)15(13-25)33-24/h15-31H,2-14H2,1H3/t15?,16?,17-,18+,19-,20?,21?,22-,23-,24-/m1/s1/i1D3,2D2,3D2,4D2,5D2,6D2,7D2,8D2,9D2,10D2,11D2,12D2. The zero-order chi connectivity index (χ0) is 48.0. The maximum absolute atomic E-state index is 10.8. The predicted octanol–water partition coefficient (Wildman–Crippen LogP) is -0.452. The lowest BCUT2D eigenvalue weighted by molar-refractivity contribution is -0.359. The summed E-state index contributed by atoms with van der Waals surface area (Å²) >= 11 is 0. The molecule has 0 radical (unpaired) electrons. The zero-order valence-electron chi connectivity index (χ0n) is 43.0. The van der Waals surface area contributed by atoms with Crippen LogP contribution in [0, 0.1) is 0 Å². The quantitative estimate of drug-likeness (QED) is 0.136. The number of aliphatic hydroxyl groups is 7. The Labute approximate surface area is 242 Å². The summed E-state index contributed by atoms with van der Waals surface area (Å²) in [5.74, 6) is 0. The Morgan fingerprint density at radius 3 is 1.80 bits per heavy atom. The highest BCUT2D eigenvalue weighted by Crippen LogP contribution is 2.29. The van der Waals surface area contributed by atoms with Gasteiger partial charge in [0.15, 0.2) is 12.6 Å². The van der Waals surface area contributed by atoms with Crippen molar-refractivity contribution < 1.29 is 89.0 Å². The molecule has 4 unspecified atom stereocenters. The van der Waals surface area contributed by atoms with Gasteiger partial charge in [-0.25, -0.2) is 0 Å². The lowest BCUT2D eigenvalue weighted by Gasteiger charge is -2.45. The minimum absolute atomic E-state index is 0.947. The molecule has 10 atom stereocenters. The van der Waals surface area contributed by atoms with Crippen molar-refractivity contribution in [2.75, 3.05) is 19.8 Å². The van der Waals surface area contributed by atoms with E-state index >= 15 is 0 Å². The minimum Gasteiger partial charge on any atom is -0.394 e. The van der Waals surface area contributed by atoms with Crippen molar-refractivity contribution in [3.05, 3.63) is 0 Å². The minimum atomic E-state index is -5.03. The maximum atomic E-state index is 10.8. The molecule has 11 heteroatoms. The molecule has 0 aromatic heterocycles. The van der Waals surface area contributed by atoms with Crippen LogP contribution >= 0.6 is 0 Å². The summed E-state index contributed by atoms with van der Waals surface area (Å²) in [5, 5.41) is 71.3.